The number of fused-ring (bicyclic) bond motifs is 5. The zero-order chi connectivity index (χ0) is 25.2. The van der Waals surface area contributed by atoms with Gasteiger partial charge in [0.2, 0.25) is 0 Å². The van der Waals surface area contributed by atoms with Crippen molar-refractivity contribution in [1.82, 2.24) is 4.90 Å². The van der Waals surface area contributed by atoms with Crippen LogP contribution < -0.4 is 9.47 Å². The molecule has 0 fully saturated rings. The summed E-state index contributed by atoms with van der Waals surface area (Å²) >= 11 is 0. The number of allylic oxidation sites excluding steroid dienone is 3. The molecule has 0 bridgehead atoms. The van der Waals surface area contributed by atoms with Crippen LogP contribution in [0, 0.1) is 5.41 Å². The Balaban J connectivity index is 1.50. The zero-order valence-corrected chi connectivity index (χ0v) is 22.2. The van der Waals surface area contributed by atoms with Crippen molar-refractivity contribution in [1.29, 1.82) is 0 Å². The minimum atomic E-state index is -0.0377. The Hall–Kier alpha value is -3.01. The van der Waals surface area contributed by atoms with E-state index in [1.54, 1.807) is 0 Å². The van der Waals surface area contributed by atoms with E-state index < -0.39 is 0 Å². The second-order valence-corrected chi connectivity index (χ2v) is 12.6. The van der Waals surface area contributed by atoms with Crippen molar-refractivity contribution in [2.24, 2.45) is 5.41 Å². The van der Waals surface area contributed by atoms with Gasteiger partial charge in [0.05, 0.1) is 13.2 Å². The third-order valence-corrected chi connectivity index (χ3v) is 8.14. The zero-order valence-electron chi connectivity index (χ0n) is 22.2. The number of hydrogen-bond donors (Lipinski definition) is 0. The van der Waals surface area contributed by atoms with E-state index >= 15 is 0 Å². The maximum absolute atomic E-state index is 13.7. The Bertz CT molecular complexity index is 1290. The molecule has 0 unspecified atom stereocenters. The lowest BCUT2D eigenvalue weighted by Gasteiger charge is -2.46. The molecular formula is C32H37NO3. The van der Waals surface area contributed by atoms with Crippen LogP contribution >= 0.6 is 0 Å². The minimum absolute atomic E-state index is 0.0363. The number of carbonyl (C=O) groups excluding carboxylic acids is 1. The van der Waals surface area contributed by atoms with Crippen molar-refractivity contribution < 1.29 is 14.3 Å². The largest absolute Gasteiger partial charge is 0.490 e. The van der Waals surface area contributed by atoms with Gasteiger partial charge in [-0.2, -0.15) is 0 Å². The van der Waals surface area contributed by atoms with Crippen molar-refractivity contribution in [2.75, 3.05) is 19.8 Å². The summed E-state index contributed by atoms with van der Waals surface area (Å²) in [7, 11) is 0. The summed E-state index contributed by atoms with van der Waals surface area (Å²) < 4.78 is 12.1. The number of nitrogens with zero attached hydrogens (tertiary/aromatic N) is 1. The van der Waals surface area contributed by atoms with Crippen LogP contribution in [0.3, 0.4) is 0 Å². The fourth-order valence-electron chi connectivity index (χ4n) is 6.24. The van der Waals surface area contributed by atoms with E-state index in [2.05, 4.69) is 82.0 Å². The Labute approximate surface area is 215 Å². The van der Waals surface area contributed by atoms with Crippen LogP contribution in [0.5, 0.6) is 11.5 Å². The molecule has 3 heterocycles. The highest BCUT2D eigenvalue weighted by molar-refractivity contribution is 6.01. The third kappa shape index (κ3) is 3.95. The SMILES string of the molecule is CC1(C)CC(=O)C2=C(C1)N1CCc3cc4c(cc3C1=C[C@H]2c1ccc(C(C)(C)C)cc1)OCCCO4. The highest BCUT2D eigenvalue weighted by Gasteiger charge is 2.42. The molecule has 36 heavy (non-hydrogen) atoms. The molecule has 4 aliphatic rings. The number of Topliss-reactive ketones (excluding diaryl/α,β-unsaturated/α-hetero) is 1. The smallest absolute Gasteiger partial charge is 0.162 e. The molecule has 188 valence electrons. The Morgan fingerprint density at radius 1 is 0.972 bits per heavy atom. The Morgan fingerprint density at radius 2 is 1.67 bits per heavy atom. The molecule has 6 rings (SSSR count). The van der Waals surface area contributed by atoms with E-state index in [4.69, 9.17) is 9.47 Å². The standard InChI is InChI=1S/C32H37NO3/c1-31(2,3)22-9-7-20(8-10-22)24-16-25-23-17-29-28(35-13-6-14-36-29)15-21(23)11-12-33(25)26-18-32(4,5)19-27(34)30(24)26/h7-10,15-17,24H,6,11-14,18-19H2,1-5H3/t24-/m0/s1. The van der Waals surface area contributed by atoms with Gasteiger partial charge in [0.1, 0.15) is 0 Å². The quantitative estimate of drug-likeness (QED) is 0.448. The summed E-state index contributed by atoms with van der Waals surface area (Å²) in [5.74, 6) is 1.95. The van der Waals surface area contributed by atoms with Crippen molar-refractivity contribution in [3.63, 3.8) is 0 Å². The number of ether oxygens (including phenoxy) is 2. The summed E-state index contributed by atoms with van der Waals surface area (Å²) in [6, 6.07) is 13.3. The molecule has 0 amide bonds. The Morgan fingerprint density at radius 3 is 2.36 bits per heavy atom. The van der Waals surface area contributed by atoms with E-state index in [1.807, 2.05) is 0 Å². The summed E-state index contributed by atoms with van der Waals surface area (Å²) in [5, 5.41) is 0. The van der Waals surface area contributed by atoms with Gasteiger partial charge in [-0.1, -0.05) is 58.9 Å². The molecule has 1 atom stereocenters. The molecule has 0 aromatic heterocycles. The second-order valence-electron chi connectivity index (χ2n) is 12.6. The first-order chi connectivity index (χ1) is 17.1. The van der Waals surface area contributed by atoms with Crippen molar-refractivity contribution in [2.45, 2.75) is 71.6 Å². The molecule has 3 aliphatic heterocycles. The van der Waals surface area contributed by atoms with Gasteiger partial charge in [-0.3, -0.25) is 4.79 Å². The van der Waals surface area contributed by atoms with Crippen LogP contribution in [-0.2, 0) is 16.6 Å². The molecule has 1 aliphatic carbocycles. The fourth-order valence-corrected chi connectivity index (χ4v) is 6.24. The summed E-state index contributed by atoms with van der Waals surface area (Å²) in [6.45, 7) is 13.4. The molecule has 0 saturated carbocycles. The second kappa shape index (κ2) is 8.26. The fraction of sp³-hybridized carbons (Fsp3) is 0.469. The van der Waals surface area contributed by atoms with E-state index in [1.165, 1.54) is 33.6 Å². The monoisotopic (exact) mass is 483 g/mol. The number of hydrogen-bond acceptors (Lipinski definition) is 4. The number of benzene rings is 2. The summed E-state index contributed by atoms with van der Waals surface area (Å²) in [6.07, 6.45) is 5.69. The van der Waals surface area contributed by atoms with Crippen LogP contribution in [-0.4, -0.2) is 30.4 Å². The molecule has 0 spiro atoms. The van der Waals surface area contributed by atoms with Crippen LogP contribution in [0.2, 0.25) is 0 Å². The molecule has 2 aromatic rings. The number of carbonyl (C=O) groups is 1. The molecular weight excluding hydrogens is 446 g/mol. The minimum Gasteiger partial charge on any atom is -0.490 e. The Kier molecular flexibility index (Phi) is 5.37. The van der Waals surface area contributed by atoms with Gasteiger partial charge in [-0.25, -0.2) is 0 Å². The maximum atomic E-state index is 13.7. The number of ketones is 1. The van der Waals surface area contributed by atoms with Gasteiger partial charge in [0, 0.05) is 47.8 Å². The van der Waals surface area contributed by atoms with Gasteiger partial charge in [0.25, 0.3) is 0 Å². The van der Waals surface area contributed by atoms with Gasteiger partial charge in [0.15, 0.2) is 17.3 Å². The maximum Gasteiger partial charge on any atom is 0.162 e. The average Bonchev–Trinajstić information content (AvgIpc) is 3.05. The predicted octanol–water partition coefficient (Wildman–Crippen LogP) is 6.79. The molecule has 2 aromatic carbocycles. The highest BCUT2D eigenvalue weighted by Crippen LogP contribution is 2.51. The third-order valence-electron chi connectivity index (χ3n) is 8.14. The topological polar surface area (TPSA) is 38.8 Å². The van der Waals surface area contributed by atoms with E-state index in [9.17, 15) is 4.79 Å². The molecule has 0 N–H and O–H groups in total. The molecule has 4 nitrogen and oxygen atoms in total. The first-order valence-corrected chi connectivity index (χ1v) is 13.4. The van der Waals surface area contributed by atoms with Crippen LogP contribution in [0.15, 0.2) is 53.7 Å². The first-order valence-electron chi connectivity index (χ1n) is 13.4. The first kappa shape index (κ1) is 23.4. The van der Waals surface area contributed by atoms with E-state index in [0.717, 1.165) is 42.9 Å². The van der Waals surface area contributed by atoms with Gasteiger partial charge in [-0.05, 0) is 58.6 Å². The van der Waals surface area contributed by atoms with Gasteiger partial charge < -0.3 is 14.4 Å². The lowest BCUT2D eigenvalue weighted by atomic mass is 9.69. The lowest BCUT2D eigenvalue weighted by Crippen LogP contribution is -2.40. The van der Waals surface area contributed by atoms with Gasteiger partial charge >= 0.3 is 0 Å². The molecule has 4 heteroatoms. The molecule has 0 radical (unpaired) electrons. The van der Waals surface area contributed by atoms with Crippen LogP contribution in [0.1, 0.15) is 82.1 Å². The average molecular weight is 484 g/mol. The van der Waals surface area contributed by atoms with Crippen molar-refractivity contribution in [3.05, 3.63) is 76.0 Å². The predicted molar refractivity (Wildman–Crippen MR) is 143 cm³/mol. The van der Waals surface area contributed by atoms with E-state index in [-0.39, 0.29) is 16.7 Å². The normalized spacial score (nSPS) is 22.8. The van der Waals surface area contributed by atoms with Gasteiger partial charge in [-0.15, -0.1) is 0 Å². The van der Waals surface area contributed by atoms with Crippen LogP contribution in [0.4, 0.5) is 0 Å². The molecule has 0 saturated heterocycles. The van der Waals surface area contributed by atoms with Crippen molar-refractivity contribution in [3.8, 4) is 11.5 Å². The lowest BCUT2D eigenvalue weighted by molar-refractivity contribution is -0.118. The highest BCUT2D eigenvalue weighted by atomic mass is 16.5. The summed E-state index contributed by atoms with van der Waals surface area (Å²) in [5.41, 5.74) is 8.50. The van der Waals surface area contributed by atoms with E-state index in [0.29, 0.717) is 25.4 Å². The van der Waals surface area contributed by atoms with Crippen molar-refractivity contribution >= 4 is 11.5 Å². The number of rotatable bonds is 1. The van der Waals surface area contributed by atoms with Crippen LogP contribution in [0.25, 0.3) is 5.70 Å². The summed E-state index contributed by atoms with van der Waals surface area (Å²) in [4.78, 5) is 16.1.